The van der Waals surface area contributed by atoms with E-state index in [1.54, 1.807) is 6.20 Å². The zero-order chi connectivity index (χ0) is 21.9. The van der Waals surface area contributed by atoms with Gasteiger partial charge in [0.2, 0.25) is 11.8 Å². The fraction of sp³-hybridized carbons (Fsp3) is 0.524. The second-order valence-corrected chi connectivity index (χ2v) is 8.20. The molecule has 1 amide bonds. The molecule has 1 saturated carbocycles. The van der Waals surface area contributed by atoms with E-state index >= 15 is 0 Å². The van der Waals surface area contributed by atoms with Gasteiger partial charge in [-0.1, -0.05) is 12.8 Å². The van der Waals surface area contributed by atoms with Gasteiger partial charge in [-0.15, -0.1) is 0 Å². The minimum atomic E-state index is -0.285. The number of rotatable bonds is 5. The first-order valence-electron chi connectivity index (χ1n) is 11.1. The molecule has 2 unspecified atom stereocenters. The lowest BCUT2D eigenvalue weighted by molar-refractivity contribution is 0.0879. The molecule has 32 heavy (non-hydrogen) atoms. The Labute approximate surface area is 186 Å². The van der Waals surface area contributed by atoms with Crippen LogP contribution in [0.1, 0.15) is 36.0 Å². The normalized spacial score (nSPS) is 23.0. The lowest BCUT2D eigenvalue weighted by Crippen LogP contribution is -2.43. The summed E-state index contributed by atoms with van der Waals surface area (Å²) in [6.07, 6.45) is 5.90. The molecule has 0 bridgehead atoms. The van der Waals surface area contributed by atoms with Crippen molar-refractivity contribution in [2.75, 3.05) is 48.6 Å². The first-order chi connectivity index (χ1) is 15.7. The first kappa shape index (κ1) is 20.7. The van der Waals surface area contributed by atoms with E-state index in [1.165, 1.54) is 0 Å². The van der Waals surface area contributed by atoms with Gasteiger partial charge in [0.1, 0.15) is 11.4 Å². The molecule has 0 spiro atoms. The Morgan fingerprint density at radius 2 is 2.00 bits per heavy atom. The number of carbonyl (C=O) groups is 1. The van der Waals surface area contributed by atoms with Crippen LogP contribution >= 0.6 is 0 Å². The summed E-state index contributed by atoms with van der Waals surface area (Å²) < 4.78 is 11.0. The molecule has 2 atom stereocenters. The van der Waals surface area contributed by atoms with E-state index < -0.39 is 0 Å². The van der Waals surface area contributed by atoms with Crippen LogP contribution in [0.5, 0.6) is 5.88 Å². The smallest absolute Gasteiger partial charge is 0.263 e. The van der Waals surface area contributed by atoms with Gasteiger partial charge in [-0.3, -0.25) is 4.79 Å². The standard InChI is InChI=1S/C21H28N8O3/c22-14-3-1-2-4-15(14)26-21-27-18(17-19(30)24-12-32-20(17)28-21)25-13-5-6-16(23-11-13)29-7-9-31-10-8-29/h5-6,11,14-15H,1-4,7-10,12,22H2,(H,24,30)(H2,25,26,27,28). The van der Waals surface area contributed by atoms with Crippen molar-refractivity contribution in [3.8, 4) is 5.88 Å². The third-order valence-electron chi connectivity index (χ3n) is 6.02. The highest BCUT2D eigenvalue weighted by atomic mass is 16.5. The topological polar surface area (TPSA) is 140 Å². The van der Waals surface area contributed by atoms with Crippen LogP contribution in [0.2, 0.25) is 0 Å². The largest absolute Gasteiger partial charge is 0.456 e. The number of nitrogens with two attached hydrogens (primary N) is 1. The number of fused-ring (bicyclic) bond motifs is 1. The predicted molar refractivity (Wildman–Crippen MR) is 119 cm³/mol. The minimum Gasteiger partial charge on any atom is -0.456 e. The molecule has 3 aliphatic rings. The number of aromatic nitrogens is 3. The van der Waals surface area contributed by atoms with Gasteiger partial charge in [0.05, 0.1) is 25.1 Å². The zero-order valence-electron chi connectivity index (χ0n) is 17.8. The third-order valence-corrected chi connectivity index (χ3v) is 6.02. The number of ether oxygens (including phenoxy) is 2. The Kier molecular flexibility index (Phi) is 5.91. The Balaban J connectivity index is 1.39. The molecule has 5 rings (SSSR count). The number of carbonyl (C=O) groups excluding carboxylic acids is 1. The molecule has 11 nitrogen and oxygen atoms in total. The van der Waals surface area contributed by atoms with Gasteiger partial charge in [0.25, 0.3) is 5.91 Å². The highest BCUT2D eigenvalue weighted by molar-refractivity contribution is 6.02. The number of nitrogens with one attached hydrogen (secondary N) is 3. The summed E-state index contributed by atoms with van der Waals surface area (Å²) in [4.78, 5) is 28.3. The quantitative estimate of drug-likeness (QED) is 0.536. The summed E-state index contributed by atoms with van der Waals surface area (Å²) in [6.45, 7) is 3.10. The molecule has 5 N–H and O–H groups in total. The summed E-state index contributed by atoms with van der Waals surface area (Å²) in [7, 11) is 0. The second kappa shape index (κ2) is 9.13. The number of amides is 1. The van der Waals surface area contributed by atoms with Crippen molar-refractivity contribution in [2.45, 2.75) is 37.8 Å². The molecule has 2 fully saturated rings. The fourth-order valence-corrected chi connectivity index (χ4v) is 4.24. The maximum Gasteiger partial charge on any atom is 0.263 e. The van der Waals surface area contributed by atoms with Gasteiger partial charge in [0, 0.05) is 25.2 Å². The fourth-order valence-electron chi connectivity index (χ4n) is 4.24. The molecule has 170 valence electrons. The van der Waals surface area contributed by atoms with Crippen LogP contribution in [0.3, 0.4) is 0 Å². The van der Waals surface area contributed by atoms with Crippen molar-refractivity contribution < 1.29 is 14.3 Å². The molecule has 2 aliphatic heterocycles. The average Bonchev–Trinajstić information content (AvgIpc) is 2.82. The lowest BCUT2D eigenvalue weighted by Gasteiger charge is -2.30. The van der Waals surface area contributed by atoms with Crippen molar-refractivity contribution >= 4 is 29.2 Å². The number of nitrogens with zero attached hydrogens (tertiary/aromatic N) is 4. The van der Waals surface area contributed by atoms with Crippen molar-refractivity contribution in [3.05, 3.63) is 23.9 Å². The van der Waals surface area contributed by atoms with Crippen LogP contribution in [0.4, 0.5) is 23.3 Å². The molecular weight excluding hydrogens is 412 g/mol. The van der Waals surface area contributed by atoms with E-state index in [-0.39, 0.29) is 36.2 Å². The third kappa shape index (κ3) is 4.39. The summed E-state index contributed by atoms with van der Waals surface area (Å²) >= 11 is 0. The number of morpholine rings is 1. The van der Waals surface area contributed by atoms with Crippen LogP contribution in [-0.4, -0.2) is 66.0 Å². The van der Waals surface area contributed by atoms with Gasteiger partial charge in [-0.05, 0) is 25.0 Å². The van der Waals surface area contributed by atoms with E-state index in [2.05, 4.69) is 35.8 Å². The number of pyridine rings is 1. The minimum absolute atomic E-state index is 0.0425. The van der Waals surface area contributed by atoms with E-state index in [0.29, 0.717) is 30.7 Å². The van der Waals surface area contributed by atoms with Crippen molar-refractivity contribution in [1.82, 2.24) is 20.3 Å². The summed E-state index contributed by atoms with van der Waals surface area (Å²) in [6, 6.07) is 3.98. The maximum absolute atomic E-state index is 12.5. The SMILES string of the molecule is NC1CCCCC1Nc1nc(Nc2ccc(N3CCOCC3)nc2)c2c(n1)OCNC2=O. The Morgan fingerprint density at radius 1 is 1.16 bits per heavy atom. The summed E-state index contributed by atoms with van der Waals surface area (Å²) in [5.41, 5.74) is 7.26. The predicted octanol–water partition coefficient (Wildman–Crippen LogP) is 1.21. The number of anilines is 4. The highest BCUT2D eigenvalue weighted by Crippen LogP contribution is 2.30. The number of hydrogen-bond donors (Lipinski definition) is 4. The average molecular weight is 441 g/mol. The van der Waals surface area contributed by atoms with Gasteiger partial charge in [-0.2, -0.15) is 9.97 Å². The van der Waals surface area contributed by atoms with Crippen LogP contribution in [0.25, 0.3) is 0 Å². The highest BCUT2D eigenvalue weighted by Gasteiger charge is 2.28. The van der Waals surface area contributed by atoms with Crippen LogP contribution in [0.15, 0.2) is 18.3 Å². The van der Waals surface area contributed by atoms with Crippen molar-refractivity contribution in [1.29, 1.82) is 0 Å². The number of hydrogen-bond acceptors (Lipinski definition) is 10. The Bertz CT molecular complexity index is 964. The molecule has 0 aromatic carbocycles. The molecule has 2 aromatic heterocycles. The van der Waals surface area contributed by atoms with E-state index in [4.69, 9.17) is 15.2 Å². The second-order valence-electron chi connectivity index (χ2n) is 8.20. The van der Waals surface area contributed by atoms with E-state index in [0.717, 1.165) is 44.6 Å². The Morgan fingerprint density at radius 3 is 2.78 bits per heavy atom. The lowest BCUT2D eigenvalue weighted by atomic mass is 9.91. The van der Waals surface area contributed by atoms with Gasteiger partial charge in [0.15, 0.2) is 12.5 Å². The van der Waals surface area contributed by atoms with Crippen LogP contribution in [-0.2, 0) is 4.74 Å². The van der Waals surface area contributed by atoms with Gasteiger partial charge >= 0.3 is 0 Å². The van der Waals surface area contributed by atoms with Gasteiger partial charge < -0.3 is 36.1 Å². The van der Waals surface area contributed by atoms with Crippen LogP contribution < -0.4 is 31.3 Å². The Hall–Kier alpha value is -3.18. The van der Waals surface area contributed by atoms with E-state index in [1.807, 2.05) is 12.1 Å². The molecule has 11 heteroatoms. The molecule has 2 aromatic rings. The molecule has 0 radical (unpaired) electrons. The molecule has 1 saturated heterocycles. The summed E-state index contributed by atoms with van der Waals surface area (Å²) in [5.74, 6) is 1.60. The van der Waals surface area contributed by atoms with Gasteiger partial charge in [-0.25, -0.2) is 4.98 Å². The zero-order valence-corrected chi connectivity index (χ0v) is 17.8. The van der Waals surface area contributed by atoms with Crippen molar-refractivity contribution in [2.24, 2.45) is 5.73 Å². The van der Waals surface area contributed by atoms with E-state index in [9.17, 15) is 4.79 Å². The summed E-state index contributed by atoms with van der Waals surface area (Å²) in [5, 5.41) is 9.22. The first-order valence-corrected chi connectivity index (χ1v) is 11.1. The molecule has 4 heterocycles. The monoisotopic (exact) mass is 440 g/mol. The maximum atomic E-state index is 12.5. The van der Waals surface area contributed by atoms with Crippen molar-refractivity contribution in [3.63, 3.8) is 0 Å². The van der Waals surface area contributed by atoms with Crippen LogP contribution in [0, 0.1) is 0 Å². The molecular formula is C21H28N8O3. The molecule has 1 aliphatic carbocycles.